The van der Waals surface area contributed by atoms with Crippen LogP contribution in [0.15, 0.2) is 6.33 Å². The largest absolute Gasteiger partial charge is 0.354 e. The molecule has 0 aromatic carbocycles. The summed E-state index contributed by atoms with van der Waals surface area (Å²) >= 11 is 0. The molecule has 0 aliphatic carbocycles. The molecule has 0 unspecified atom stereocenters. The second-order valence-electron chi connectivity index (χ2n) is 7.68. The number of hydrogen-bond donors (Lipinski definition) is 0. The fourth-order valence-electron chi connectivity index (χ4n) is 3.90. The molecule has 24 heavy (non-hydrogen) atoms. The lowest BCUT2D eigenvalue weighted by Gasteiger charge is -2.37. The number of hydrogen-bond acceptors (Lipinski definition) is 5. The number of fused-ring (bicyclic) bond motifs is 1. The van der Waals surface area contributed by atoms with E-state index in [0.717, 1.165) is 52.2 Å². The third-order valence-electron chi connectivity index (χ3n) is 5.19. The summed E-state index contributed by atoms with van der Waals surface area (Å²) in [5.41, 5.74) is 2.65. The summed E-state index contributed by atoms with van der Waals surface area (Å²) in [5.74, 6) is 1.92. The van der Waals surface area contributed by atoms with E-state index in [2.05, 4.69) is 45.4 Å². The van der Waals surface area contributed by atoms with Crippen LogP contribution in [0.25, 0.3) is 0 Å². The van der Waals surface area contributed by atoms with Crippen LogP contribution >= 0.6 is 0 Å². The van der Waals surface area contributed by atoms with Gasteiger partial charge in [-0.3, -0.25) is 9.80 Å². The molecule has 3 rings (SSSR count). The third-order valence-corrected chi connectivity index (χ3v) is 5.19. The second-order valence-corrected chi connectivity index (χ2v) is 7.68. The van der Waals surface area contributed by atoms with Gasteiger partial charge in [-0.25, -0.2) is 9.97 Å². The van der Waals surface area contributed by atoms with E-state index in [1.165, 1.54) is 36.5 Å². The van der Waals surface area contributed by atoms with Crippen LogP contribution in [0, 0.1) is 5.92 Å². The third kappa shape index (κ3) is 4.25. The Morgan fingerprint density at radius 1 is 1.04 bits per heavy atom. The van der Waals surface area contributed by atoms with Crippen LogP contribution in [0.2, 0.25) is 0 Å². The molecule has 0 amide bonds. The van der Waals surface area contributed by atoms with Gasteiger partial charge in [-0.1, -0.05) is 27.2 Å². The number of unbranched alkanes of at least 4 members (excludes halogenated alkanes) is 1. The van der Waals surface area contributed by atoms with Gasteiger partial charge in [0.2, 0.25) is 0 Å². The van der Waals surface area contributed by atoms with Gasteiger partial charge in [0, 0.05) is 51.4 Å². The molecule has 1 aromatic rings. The number of nitrogens with zero attached hydrogens (tertiary/aromatic N) is 5. The number of rotatable bonds is 6. The monoisotopic (exact) mass is 331 g/mol. The predicted molar refractivity (Wildman–Crippen MR) is 99.4 cm³/mol. The minimum absolute atomic E-state index is 0.712. The molecule has 0 bridgehead atoms. The van der Waals surface area contributed by atoms with Crippen molar-refractivity contribution in [1.82, 2.24) is 19.8 Å². The Morgan fingerprint density at radius 3 is 2.54 bits per heavy atom. The van der Waals surface area contributed by atoms with E-state index in [4.69, 9.17) is 0 Å². The fourth-order valence-corrected chi connectivity index (χ4v) is 3.90. The van der Waals surface area contributed by atoms with Crippen LogP contribution in [-0.2, 0) is 13.0 Å². The van der Waals surface area contributed by atoms with Crippen molar-refractivity contribution in [3.05, 3.63) is 17.6 Å². The van der Waals surface area contributed by atoms with Gasteiger partial charge >= 0.3 is 0 Å². The van der Waals surface area contributed by atoms with E-state index < -0.39 is 0 Å². The average Bonchev–Trinajstić information content (AvgIpc) is 2.59. The maximum Gasteiger partial charge on any atom is 0.135 e. The van der Waals surface area contributed by atoms with Gasteiger partial charge in [0.25, 0.3) is 0 Å². The zero-order valence-electron chi connectivity index (χ0n) is 15.7. The lowest BCUT2D eigenvalue weighted by molar-refractivity contribution is 0.222. The van der Waals surface area contributed by atoms with Crippen molar-refractivity contribution in [3.8, 4) is 0 Å². The second kappa shape index (κ2) is 8.26. The molecule has 2 aliphatic heterocycles. The van der Waals surface area contributed by atoms with Gasteiger partial charge in [-0.2, -0.15) is 0 Å². The zero-order chi connectivity index (χ0) is 16.9. The molecule has 0 saturated carbocycles. The Labute approximate surface area is 147 Å². The molecule has 2 aliphatic rings. The minimum atomic E-state index is 0.712. The highest BCUT2D eigenvalue weighted by atomic mass is 15.3. The highest BCUT2D eigenvalue weighted by Crippen LogP contribution is 2.26. The van der Waals surface area contributed by atoms with Gasteiger partial charge in [0.1, 0.15) is 12.1 Å². The first-order chi connectivity index (χ1) is 11.7. The Bertz CT molecular complexity index is 522. The van der Waals surface area contributed by atoms with Gasteiger partial charge < -0.3 is 4.90 Å². The van der Waals surface area contributed by atoms with Gasteiger partial charge in [0.15, 0.2) is 0 Å². The Hall–Kier alpha value is -1.20. The average molecular weight is 332 g/mol. The topological polar surface area (TPSA) is 35.5 Å². The Kier molecular flexibility index (Phi) is 6.06. The molecule has 3 heterocycles. The standard InChI is InChI=1S/C19H33N5/c1-4-5-7-22-9-11-24(12-10-22)19-17-6-8-23(13-16(2)3)14-18(17)20-15-21-19/h15-16H,4-14H2,1-3H3. The lowest BCUT2D eigenvalue weighted by Crippen LogP contribution is -2.47. The predicted octanol–water partition coefficient (Wildman–Crippen LogP) is 2.41. The van der Waals surface area contributed by atoms with E-state index in [0.29, 0.717) is 5.92 Å². The van der Waals surface area contributed by atoms with Crippen molar-refractivity contribution in [2.24, 2.45) is 5.92 Å². The van der Waals surface area contributed by atoms with E-state index in [-0.39, 0.29) is 0 Å². The maximum absolute atomic E-state index is 4.67. The molecule has 5 heteroatoms. The minimum Gasteiger partial charge on any atom is -0.354 e. The summed E-state index contributed by atoms with van der Waals surface area (Å²) in [4.78, 5) is 16.9. The first kappa shape index (κ1) is 17.6. The number of piperazine rings is 1. The molecule has 1 saturated heterocycles. The van der Waals surface area contributed by atoms with E-state index in [9.17, 15) is 0 Å². The highest BCUT2D eigenvalue weighted by molar-refractivity contribution is 5.50. The normalized spacial score (nSPS) is 19.8. The first-order valence-corrected chi connectivity index (χ1v) is 9.69. The Morgan fingerprint density at radius 2 is 1.83 bits per heavy atom. The summed E-state index contributed by atoms with van der Waals surface area (Å²) in [7, 11) is 0. The molecule has 134 valence electrons. The molecular weight excluding hydrogens is 298 g/mol. The van der Waals surface area contributed by atoms with Crippen molar-refractivity contribution in [2.45, 2.75) is 46.6 Å². The van der Waals surface area contributed by atoms with Crippen LogP contribution in [0.4, 0.5) is 5.82 Å². The van der Waals surface area contributed by atoms with E-state index in [1.807, 2.05) is 0 Å². The van der Waals surface area contributed by atoms with Crippen LogP contribution in [0.1, 0.15) is 44.9 Å². The molecule has 0 atom stereocenters. The van der Waals surface area contributed by atoms with E-state index in [1.54, 1.807) is 6.33 Å². The molecular formula is C19H33N5. The molecule has 0 spiro atoms. The zero-order valence-corrected chi connectivity index (χ0v) is 15.7. The maximum atomic E-state index is 4.67. The summed E-state index contributed by atoms with van der Waals surface area (Å²) in [6.45, 7) is 15.9. The lowest BCUT2D eigenvalue weighted by atomic mass is 10.0. The van der Waals surface area contributed by atoms with Crippen molar-refractivity contribution < 1.29 is 0 Å². The van der Waals surface area contributed by atoms with Crippen molar-refractivity contribution in [1.29, 1.82) is 0 Å². The number of anilines is 1. The van der Waals surface area contributed by atoms with E-state index >= 15 is 0 Å². The van der Waals surface area contributed by atoms with Crippen LogP contribution in [0.5, 0.6) is 0 Å². The van der Waals surface area contributed by atoms with Gasteiger partial charge in [0.05, 0.1) is 5.69 Å². The number of aromatic nitrogens is 2. The molecule has 1 aromatic heterocycles. The first-order valence-electron chi connectivity index (χ1n) is 9.69. The van der Waals surface area contributed by atoms with Crippen LogP contribution in [-0.4, -0.2) is 65.6 Å². The van der Waals surface area contributed by atoms with Crippen molar-refractivity contribution >= 4 is 5.82 Å². The fraction of sp³-hybridized carbons (Fsp3) is 0.789. The molecule has 0 radical (unpaired) electrons. The summed E-state index contributed by atoms with van der Waals surface area (Å²) in [6.07, 6.45) is 5.46. The van der Waals surface area contributed by atoms with Crippen LogP contribution in [0.3, 0.4) is 0 Å². The summed E-state index contributed by atoms with van der Waals surface area (Å²) in [6, 6.07) is 0. The van der Waals surface area contributed by atoms with Crippen LogP contribution < -0.4 is 4.90 Å². The highest BCUT2D eigenvalue weighted by Gasteiger charge is 2.25. The summed E-state index contributed by atoms with van der Waals surface area (Å²) < 4.78 is 0. The smallest absolute Gasteiger partial charge is 0.135 e. The quantitative estimate of drug-likeness (QED) is 0.800. The van der Waals surface area contributed by atoms with Gasteiger partial charge in [-0.05, 0) is 25.3 Å². The van der Waals surface area contributed by atoms with Gasteiger partial charge in [-0.15, -0.1) is 0 Å². The van der Waals surface area contributed by atoms with Crippen molar-refractivity contribution in [2.75, 3.05) is 50.7 Å². The Balaban J connectivity index is 1.64. The molecule has 0 N–H and O–H groups in total. The summed E-state index contributed by atoms with van der Waals surface area (Å²) in [5, 5.41) is 0. The SMILES string of the molecule is CCCCN1CCN(c2ncnc3c2CCN(CC(C)C)C3)CC1. The van der Waals surface area contributed by atoms with Crippen molar-refractivity contribution in [3.63, 3.8) is 0 Å². The molecule has 1 fully saturated rings. The molecule has 5 nitrogen and oxygen atoms in total.